The van der Waals surface area contributed by atoms with Crippen LogP contribution in [0.25, 0.3) is 0 Å². The molecular weight excluding hydrogens is 265 g/mol. The molecular formula is C18H20FNO. The van der Waals surface area contributed by atoms with Crippen molar-refractivity contribution in [3.05, 3.63) is 71.5 Å². The molecule has 0 spiro atoms. The lowest BCUT2D eigenvalue weighted by Crippen LogP contribution is -2.30. The van der Waals surface area contributed by atoms with Gasteiger partial charge in [0.05, 0.1) is 11.6 Å². The molecule has 2 nitrogen and oxygen atoms in total. The molecule has 21 heavy (non-hydrogen) atoms. The van der Waals surface area contributed by atoms with E-state index in [1.807, 2.05) is 30.3 Å². The monoisotopic (exact) mass is 285 g/mol. The summed E-state index contributed by atoms with van der Waals surface area (Å²) in [5.74, 6) is -0.440. The summed E-state index contributed by atoms with van der Waals surface area (Å²) < 4.78 is 13.7. The number of halogens is 1. The highest BCUT2D eigenvalue weighted by molar-refractivity contribution is 5.94. The maximum Gasteiger partial charge on any atom is 0.254 e. The van der Waals surface area contributed by atoms with E-state index >= 15 is 0 Å². The minimum atomic E-state index is -0.494. The Labute approximate surface area is 125 Å². The predicted molar refractivity (Wildman–Crippen MR) is 82.5 cm³/mol. The van der Waals surface area contributed by atoms with Gasteiger partial charge in [-0.15, -0.1) is 0 Å². The fourth-order valence-electron chi connectivity index (χ4n) is 2.32. The molecule has 0 aliphatic rings. The van der Waals surface area contributed by atoms with Gasteiger partial charge in [-0.3, -0.25) is 4.79 Å². The van der Waals surface area contributed by atoms with Crippen LogP contribution in [0.15, 0.2) is 54.6 Å². The second-order valence-corrected chi connectivity index (χ2v) is 5.55. The van der Waals surface area contributed by atoms with Crippen molar-refractivity contribution in [1.29, 1.82) is 0 Å². The molecule has 0 fully saturated rings. The number of hydrogen-bond donors (Lipinski definition) is 1. The number of carbonyl (C=O) groups is 1. The van der Waals surface area contributed by atoms with Gasteiger partial charge in [0.15, 0.2) is 0 Å². The van der Waals surface area contributed by atoms with Gasteiger partial charge in [0, 0.05) is 0 Å². The zero-order valence-electron chi connectivity index (χ0n) is 12.3. The molecule has 3 heteroatoms. The number of benzene rings is 2. The van der Waals surface area contributed by atoms with Gasteiger partial charge in [-0.2, -0.15) is 0 Å². The van der Waals surface area contributed by atoms with E-state index < -0.39 is 5.82 Å². The molecule has 0 heterocycles. The Morgan fingerprint density at radius 1 is 1.05 bits per heavy atom. The largest absolute Gasteiger partial charge is 0.345 e. The Hall–Kier alpha value is -2.16. The SMILES string of the molecule is CC(C)C[C@H](NC(=O)c1ccccc1F)c1ccccc1. The Balaban J connectivity index is 2.19. The van der Waals surface area contributed by atoms with Gasteiger partial charge in [-0.1, -0.05) is 56.3 Å². The van der Waals surface area contributed by atoms with E-state index in [2.05, 4.69) is 19.2 Å². The van der Waals surface area contributed by atoms with Crippen LogP contribution in [0, 0.1) is 11.7 Å². The number of amides is 1. The van der Waals surface area contributed by atoms with E-state index in [-0.39, 0.29) is 17.5 Å². The first kappa shape index (κ1) is 15.2. The van der Waals surface area contributed by atoms with Gasteiger partial charge in [-0.05, 0) is 30.0 Å². The standard InChI is InChI=1S/C18H20FNO/c1-13(2)12-17(14-8-4-3-5-9-14)20-18(21)15-10-6-7-11-16(15)19/h3-11,13,17H,12H2,1-2H3,(H,20,21)/t17-/m0/s1. The Morgan fingerprint density at radius 3 is 2.29 bits per heavy atom. The van der Waals surface area contributed by atoms with Gasteiger partial charge in [-0.25, -0.2) is 4.39 Å². The molecule has 0 bridgehead atoms. The number of nitrogens with one attached hydrogen (secondary N) is 1. The molecule has 0 aromatic heterocycles. The van der Waals surface area contributed by atoms with Crippen LogP contribution in [0.5, 0.6) is 0 Å². The minimum absolute atomic E-state index is 0.0854. The van der Waals surface area contributed by atoms with Crippen LogP contribution in [-0.4, -0.2) is 5.91 Å². The van der Waals surface area contributed by atoms with E-state index in [1.54, 1.807) is 12.1 Å². The van der Waals surface area contributed by atoms with Gasteiger partial charge in [0.2, 0.25) is 0 Å². The highest BCUT2D eigenvalue weighted by Gasteiger charge is 2.18. The molecule has 0 saturated heterocycles. The smallest absolute Gasteiger partial charge is 0.254 e. The molecule has 0 saturated carbocycles. The summed E-state index contributed by atoms with van der Waals surface area (Å²) in [4.78, 5) is 12.3. The summed E-state index contributed by atoms with van der Waals surface area (Å²) in [6, 6.07) is 15.7. The molecule has 110 valence electrons. The van der Waals surface area contributed by atoms with E-state index in [9.17, 15) is 9.18 Å². The molecule has 0 radical (unpaired) electrons. The van der Waals surface area contributed by atoms with Crippen molar-refractivity contribution < 1.29 is 9.18 Å². The molecule has 1 amide bonds. The topological polar surface area (TPSA) is 29.1 Å². The second kappa shape index (κ2) is 7.02. The van der Waals surface area contributed by atoms with Crippen molar-refractivity contribution in [3.8, 4) is 0 Å². The van der Waals surface area contributed by atoms with Gasteiger partial charge in [0.1, 0.15) is 5.82 Å². The Kier molecular flexibility index (Phi) is 5.09. The number of rotatable bonds is 5. The summed E-state index contributed by atoms with van der Waals surface area (Å²) in [7, 11) is 0. The minimum Gasteiger partial charge on any atom is -0.345 e. The first-order chi connectivity index (χ1) is 10.1. The summed E-state index contributed by atoms with van der Waals surface area (Å²) in [6.07, 6.45) is 0.810. The predicted octanol–water partition coefficient (Wildman–Crippen LogP) is 4.34. The van der Waals surface area contributed by atoms with Gasteiger partial charge in [0.25, 0.3) is 5.91 Å². The average Bonchev–Trinajstić information content (AvgIpc) is 2.47. The van der Waals surface area contributed by atoms with E-state index in [4.69, 9.17) is 0 Å². The highest BCUT2D eigenvalue weighted by atomic mass is 19.1. The lowest BCUT2D eigenvalue weighted by molar-refractivity contribution is 0.0928. The zero-order valence-corrected chi connectivity index (χ0v) is 12.3. The zero-order chi connectivity index (χ0) is 15.2. The molecule has 2 rings (SSSR count). The molecule has 1 N–H and O–H groups in total. The van der Waals surface area contributed by atoms with Crippen LogP contribution in [-0.2, 0) is 0 Å². The fraction of sp³-hybridized carbons (Fsp3) is 0.278. The Morgan fingerprint density at radius 2 is 1.67 bits per heavy atom. The summed E-state index contributed by atoms with van der Waals surface area (Å²) in [6.45, 7) is 4.20. The second-order valence-electron chi connectivity index (χ2n) is 5.55. The molecule has 2 aromatic rings. The van der Waals surface area contributed by atoms with Crippen molar-refractivity contribution in [2.24, 2.45) is 5.92 Å². The number of carbonyl (C=O) groups excluding carboxylic acids is 1. The van der Waals surface area contributed by atoms with Crippen LogP contribution in [0.3, 0.4) is 0 Å². The average molecular weight is 285 g/mol. The summed E-state index contributed by atoms with van der Waals surface area (Å²) >= 11 is 0. The molecule has 0 aliphatic carbocycles. The first-order valence-electron chi connectivity index (χ1n) is 7.18. The summed E-state index contributed by atoms with van der Waals surface area (Å²) in [5, 5.41) is 2.94. The Bertz CT molecular complexity index is 595. The van der Waals surface area contributed by atoms with Crippen molar-refractivity contribution in [2.75, 3.05) is 0 Å². The van der Waals surface area contributed by atoms with Crippen LogP contribution in [0.4, 0.5) is 4.39 Å². The normalized spacial score (nSPS) is 12.2. The maximum absolute atomic E-state index is 13.7. The lowest BCUT2D eigenvalue weighted by Gasteiger charge is -2.21. The van der Waals surface area contributed by atoms with Crippen LogP contribution in [0.1, 0.15) is 42.2 Å². The molecule has 0 aliphatic heterocycles. The number of hydrogen-bond acceptors (Lipinski definition) is 1. The highest BCUT2D eigenvalue weighted by Crippen LogP contribution is 2.22. The van der Waals surface area contributed by atoms with E-state index in [0.29, 0.717) is 5.92 Å². The van der Waals surface area contributed by atoms with E-state index in [1.165, 1.54) is 12.1 Å². The quantitative estimate of drug-likeness (QED) is 0.869. The van der Waals surface area contributed by atoms with Crippen LogP contribution >= 0.6 is 0 Å². The van der Waals surface area contributed by atoms with Crippen molar-refractivity contribution in [1.82, 2.24) is 5.32 Å². The molecule has 1 atom stereocenters. The third-order valence-corrected chi connectivity index (χ3v) is 3.33. The molecule has 0 unspecified atom stereocenters. The lowest BCUT2D eigenvalue weighted by atomic mass is 9.96. The first-order valence-corrected chi connectivity index (χ1v) is 7.18. The van der Waals surface area contributed by atoms with Crippen LogP contribution in [0.2, 0.25) is 0 Å². The fourth-order valence-corrected chi connectivity index (χ4v) is 2.32. The van der Waals surface area contributed by atoms with Gasteiger partial charge >= 0.3 is 0 Å². The van der Waals surface area contributed by atoms with Crippen molar-refractivity contribution in [2.45, 2.75) is 26.3 Å². The van der Waals surface area contributed by atoms with Crippen LogP contribution < -0.4 is 5.32 Å². The molecule has 2 aromatic carbocycles. The van der Waals surface area contributed by atoms with Crippen molar-refractivity contribution in [3.63, 3.8) is 0 Å². The maximum atomic E-state index is 13.7. The van der Waals surface area contributed by atoms with Crippen molar-refractivity contribution >= 4 is 5.91 Å². The third-order valence-electron chi connectivity index (χ3n) is 3.33. The van der Waals surface area contributed by atoms with E-state index in [0.717, 1.165) is 12.0 Å². The third kappa shape index (κ3) is 4.15. The van der Waals surface area contributed by atoms with Gasteiger partial charge < -0.3 is 5.32 Å². The summed E-state index contributed by atoms with van der Waals surface area (Å²) in [5.41, 5.74) is 1.12.